The van der Waals surface area contributed by atoms with Gasteiger partial charge >= 0.3 is 5.97 Å². The van der Waals surface area contributed by atoms with Gasteiger partial charge in [0.05, 0.1) is 5.56 Å². The first kappa shape index (κ1) is 13.9. The van der Waals surface area contributed by atoms with Gasteiger partial charge in [0.25, 0.3) is 6.01 Å². The van der Waals surface area contributed by atoms with E-state index in [0.29, 0.717) is 36.5 Å². The van der Waals surface area contributed by atoms with Gasteiger partial charge in [-0.2, -0.15) is 4.98 Å². The van der Waals surface area contributed by atoms with Gasteiger partial charge in [-0.3, -0.25) is 4.79 Å². The van der Waals surface area contributed by atoms with Crippen molar-refractivity contribution in [2.45, 2.75) is 19.3 Å². The fourth-order valence-corrected chi connectivity index (χ4v) is 1.75. The summed E-state index contributed by atoms with van der Waals surface area (Å²) in [7, 11) is 0. The number of carboxylic acids is 1. The van der Waals surface area contributed by atoms with Crippen molar-refractivity contribution >= 4 is 29.0 Å². The number of nitrogens with zero attached hydrogens (tertiary/aromatic N) is 1. The molecule has 106 valence electrons. The molecule has 0 bridgehead atoms. The number of amides is 1. The molecule has 0 aliphatic carbocycles. The Morgan fingerprint density at radius 3 is 2.85 bits per heavy atom. The number of benzene rings is 1. The van der Waals surface area contributed by atoms with Crippen LogP contribution in [-0.2, 0) is 4.79 Å². The van der Waals surface area contributed by atoms with Crippen molar-refractivity contribution in [1.82, 2.24) is 4.98 Å². The molecular formula is C13H15N3O4. The van der Waals surface area contributed by atoms with E-state index in [1.165, 1.54) is 12.1 Å². The number of hydrogen-bond donors (Lipinski definition) is 3. The highest BCUT2D eigenvalue weighted by atomic mass is 16.4. The van der Waals surface area contributed by atoms with E-state index in [2.05, 4.69) is 10.3 Å². The molecule has 0 aliphatic rings. The summed E-state index contributed by atoms with van der Waals surface area (Å²) in [4.78, 5) is 25.6. The van der Waals surface area contributed by atoms with E-state index in [1.54, 1.807) is 6.07 Å². The molecule has 2 rings (SSSR count). The van der Waals surface area contributed by atoms with Crippen LogP contribution < -0.4 is 11.1 Å². The van der Waals surface area contributed by atoms with Gasteiger partial charge in [-0.1, -0.05) is 0 Å². The first-order valence-corrected chi connectivity index (χ1v) is 6.22. The van der Waals surface area contributed by atoms with Crippen molar-refractivity contribution in [2.75, 3.05) is 11.9 Å². The summed E-state index contributed by atoms with van der Waals surface area (Å²) >= 11 is 0. The molecule has 0 spiro atoms. The van der Waals surface area contributed by atoms with E-state index in [4.69, 9.17) is 15.3 Å². The van der Waals surface area contributed by atoms with Crippen LogP contribution in [0, 0.1) is 0 Å². The molecule has 0 fully saturated rings. The standard InChI is InChI=1S/C13H15N3O4/c14-11(17)3-1-2-6-15-13-16-9-5-4-8(12(18)19)7-10(9)20-13/h4-5,7H,1-3,6H2,(H2,14,17)(H,15,16)(H,18,19). The Labute approximate surface area is 114 Å². The van der Waals surface area contributed by atoms with Gasteiger partial charge in [-0.05, 0) is 31.0 Å². The average molecular weight is 277 g/mol. The van der Waals surface area contributed by atoms with Crippen molar-refractivity contribution in [1.29, 1.82) is 0 Å². The maximum absolute atomic E-state index is 10.8. The van der Waals surface area contributed by atoms with Crippen molar-refractivity contribution in [3.8, 4) is 0 Å². The van der Waals surface area contributed by atoms with Crippen LogP contribution >= 0.6 is 0 Å². The predicted octanol–water partition coefficient (Wildman–Crippen LogP) is 1.59. The first-order chi connectivity index (χ1) is 9.56. The molecule has 1 amide bonds. The van der Waals surface area contributed by atoms with Crippen molar-refractivity contribution in [2.24, 2.45) is 5.73 Å². The van der Waals surface area contributed by atoms with Crippen LogP contribution in [0.4, 0.5) is 6.01 Å². The van der Waals surface area contributed by atoms with Gasteiger partial charge in [-0.15, -0.1) is 0 Å². The molecule has 1 aromatic carbocycles. The third-order valence-corrected chi connectivity index (χ3v) is 2.76. The Balaban J connectivity index is 1.94. The van der Waals surface area contributed by atoms with E-state index >= 15 is 0 Å². The number of fused-ring (bicyclic) bond motifs is 1. The molecule has 7 heteroatoms. The Hall–Kier alpha value is -2.57. The molecule has 4 N–H and O–H groups in total. The number of rotatable bonds is 7. The number of nitrogens with two attached hydrogens (primary N) is 1. The molecule has 7 nitrogen and oxygen atoms in total. The second kappa shape index (κ2) is 6.05. The number of anilines is 1. The summed E-state index contributed by atoms with van der Waals surface area (Å²) in [5.41, 5.74) is 6.20. The smallest absolute Gasteiger partial charge is 0.335 e. The van der Waals surface area contributed by atoms with Crippen LogP contribution in [-0.4, -0.2) is 28.5 Å². The Morgan fingerprint density at radius 1 is 1.35 bits per heavy atom. The minimum atomic E-state index is -1.01. The minimum absolute atomic E-state index is 0.154. The van der Waals surface area contributed by atoms with Crippen LogP contribution in [0.15, 0.2) is 22.6 Å². The molecule has 0 aliphatic heterocycles. The Morgan fingerprint density at radius 2 is 2.15 bits per heavy atom. The summed E-state index contributed by atoms with van der Waals surface area (Å²) in [6, 6.07) is 4.84. The summed E-state index contributed by atoms with van der Waals surface area (Å²) in [6.45, 7) is 0.603. The molecule has 1 heterocycles. The average Bonchev–Trinajstić information content (AvgIpc) is 2.79. The van der Waals surface area contributed by atoms with E-state index in [0.717, 1.165) is 6.42 Å². The first-order valence-electron chi connectivity index (χ1n) is 6.22. The van der Waals surface area contributed by atoms with Crippen LogP contribution in [0.1, 0.15) is 29.6 Å². The molecule has 0 radical (unpaired) electrons. The molecule has 0 saturated heterocycles. The lowest BCUT2D eigenvalue weighted by Crippen LogP contribution is -2.10. The number of carboxylic acid groups (broad SMARTS) is 1. The number of hydrogen-bond acceptors (Lipinski definition) is 5. The molecule has 0 unspecified atom stereocenters. The van der Waals surface area contributed by atoms with Crippen LogP contribution in [0.2, 0.25) is 0 Å². The van der Waals surface area contributed by atoms with Gasteiger partial charge in [0, 0.05) is 13.0 Å². The third-order valence-electron chi connectivity index (χ3n) is 2.76. The maximum atomic E-state index is 10.8. The predicted molar refractivity (Wildman–Crippen MR) is 72.5 cm³/mol. The van der Waals surface area contributed by atoms with Crippen LogP contribution in [0.5, 0.6) is 0 Å². The zero-order valence-electron chi connectivity index (χ0n) is 10.8. The van der Waals surface area contributed by atoms with E-state index < -0.39 is 5.97 Å². The highest BCUT2D eigenvalue weighted by Gasteiger charge is 2.09. The number of unbranched alkanes of at least 4 members (excludes halogenated alkanes) is 1. The number of nitrogens with one attached hydrogen (secondary N) is 1. The molecule has 1 aromatic heterocycles. The lowest BCUT2D eigenvalue weighted by molar-refractivity contribution is -0.118. The number of aromatic carboxylic acids is 1. The Kier molecular flexibility index (Phi) is 4.19. The normalized spacial score (nSPS) is 10.6. The van der Waals surface area contributed by atoms with Crippen LogP contribution in [0.25, 0.3) is 11.1 Å². The van der Waals surface area contributed by atoms with Crippen molar-refractivity contribution < 1.29 is 19.1 Å². The summed E-state index contributed by atoms with van der Waals surface area (Å²) < 4.78 is 5.41. The second-order valence-electron chi connectivity index (χ2n) is 4.36. The Bertz CT molecular complexity index is 636. The fourth-order valence-electron chi connectivity index (χ4n) is 1.75. The second-order valence-corrected chi connectivity index (χ2v) is 4.36. The highest BCUT2D eigenvalue weighted by molar-refractivity contribution is 5.92. The van der Waals surface area contributed by atoms with Gasteiger partial charge in [0.1, 0.15) is 5.52 Å². The number of primary amides is 1. The topological polar surface area (TPSA) is 118 Å². The number of carbonyl (C=O) groups excluding carboxylic acids is 1. The SMILES string of the molecule is NC(=O)CCCCNc1nc2ccc(C(=O)O)cc2o1. The van der Waals surface area contributed by atoms with Crippen LogP contribution in [0.3, 0.4) is 0 Å². The highest BCUT2D eigenvalue weighted by Crippen LogP contribution is 2.20. The zero-order valence-corrected chi connectivity index (χ0v) is 10.8. The van der Waals surface area contributed by atoms with Gasteiger partial charge < -0.3 is 20.6 Å². The van der Waals surface area contributed by atoms with Crippen molar-refractivity contribution in [3.63, 3.8) is 0 Å². The monoisotopic (exact) mass is 277 g/mol. The van der Waals surface area contributed by atoms with Gasteiger partial charge in [0.2, 0.25) is 5.91 Å². The number of aromatic nitrogens is 1. The summed E-state index contributed by atoms with van der Waals surface area (Å²) in [6.07, 6.45) is 1.82. The third kappa shape index (κ3) is 3.47. The quantitative estimate of drug-likeness (QED) is 0.661. The molecular weight excluding hydrogens is 262 g/mol. The molecule has 2 aromatic rings. The molecule has 0 atom stereocenters. The zero-order chi connectivity index (χ0) is 14.5. The lowest BCUT2D eigenvalue weighted by atomic mass is 10.2. The van der Waals surface area contributed by atoms with E-state index in [-0.39, 0.29) is 11.5 Å². The maximum Gasteiger partial charge on any atom is 0.335 e. The van der Waals surface area contributed by atoms with Crippen molar-refractivity contribution in [3.05, 3.63) is 23.8 Å². The summed E-state index contributed by atoms with van der Waals surface area (Å²) in [5, 5.41) is 11.9. The largest absolute Gasteiger partial charge is 0.478 e. The van der Waals surface area contributed by atoms with E-state index in [1.807, 2.05) is 0 Å². The van der Waals surface area contributed by atoms with Gasteiger partial charge in [0.15, 0.2) is 5.58 Å². The van der Waals surface area contributed by atoms with E-state index in [9.17, 15) is 9.59 Å². The van der Waals surface area contributed by atoms with Gasteiger partial charge in [-0.25, -0.2) is 4.79 Å². The summed E-state index contributed by atoms with van der Waals surface area (Å²) in [5.74, 6) is -1.32. The fraction of sp³-hybridized carbons (Fsp3) is 0.308. The minimum Gasteiger partial charge on any atom is -0.478 e. The number of oxazole rings is 1. The number of carbonyl (C=O) groups is 2. The molecule has 20 heavy (non-hydrogen) atoms. The molecule has 0 saturated carbocycles. The lowest BCUT2D eigenvalue weighted by Gasteiger charge is -1.99.